The van der Waals surface area contributed by atoms with Crippen molar-refractivity contribution in [3.8, 4) is 0 Å². The number of carboxylic acid groups (broad SMARTS) is 1. The molecule has 0 aromatic heterocycles. The van der Waals surface area contributed by atoms with E-state index in [-0.39, 0.29) is 24.6 Å². The van der Waals surface area contributed by atoms with E-state index in [1.54, 1.807) is 4.90 Å². The van der Waals surface area contributed by atoms with Gasteiger partial charge < -0.3 is 20.5 Å². The number of amides is 1. The Morgan fingerprint density at radius 1 is 1.39 bits per heavy atom. The van der Waals surface area contributed by atoms with Crippen LogP contribution in [0.4, 0.5) is 0 Å². The first-order valence-corrected chi connectivity index (χ1v) is 6.45. The minimum atomic E-state index is -0.936. The third-order valence-corrected chi connectivity index (χ3v) is 4.57. The highest BCUT2D eigenvalue weighted by Gasteiger charge is 2.55. The summed E-state index contributed by atoms with van der Waals surface area (Å²) in [5.41, 5.74) is 5.16. The lowest BCUT2D eigenvalue weighted by Gasteiger charge is -2.31. The quantitative estimate of drug-likeness (QED) is 0.697. The molecule has 3 aliphatic heterocycles. The third-order valence-electron chi connectivity index (χ3n) is 4.57. The Morgan fingerprint density at radius 3 is 2.72 bits per heavy atom. The number of fused-ring (bicyclic) bond motifs is 2. The Labute approximate surface area is 105 Å². The summed E-state index contributed by atoms with van der Waals surface area (Å²) in [5, 5.41) is 9.17. The maximum absolute atomic E-state index is 12.5. The van der Waals surface area contributed by atoms with E-state index in [4.69, 9.17) is 10.5 Å². The van der Waals surface area contributed by atoms with Gasteiger partial charge in [0.15, 0.2) is 0 Å². The molecule has 3 N–H and O–H groups in total. The smallest absolute Gasteiger partial charge is 0.308 e. The standard InChI is InChI=1S/C12H18N2O4/c13-12(3-4-18-6-12)11(17)14-7-1-2-9(14)8(5-7)10(15)16/h7-9H,1-6,13H2,(H,15,16). The fraction of sp³-hybridized carbons (Fsp3) is 0.833. The topological polar surface area (TPSA) is 92.9 Å². The molecule has 0 spiro atoms. The summed E-state index contributed by atoms with van der Waals surface area (Å²) in [7, 11) is 0. The van der Waals surface area contributed by atoms with Gasteiger partial charge in [-0.3, -0.25) is 9.59 Å². The molecule has 3 heterocycles. The number of ether oxygens (including phenoxy) is 1. The molecule has 0 aromatic carbocycles. The molecule has 6 heteroatoms. The van der Waals surface area contributed by atoms with Crippen LogP contribution >= 0.6 is 0 Å². The van der Waals surface area contributed by atoms with E-state index >= 15 is 0 Å². The van der Waals surface area contributed by atoms with Crippen molar-refractivity contribution >= 4 is 11.9 Å². The van der Waals surface area contributed by atoms with E-state index < -0.39 is 17.4 Å². The van der Waals surface area contributed by atoms with Crippen LogP contribution in [0.15, 0.2) is 0 Å². The van der Waals surface area contributed by atoms with Gasteiger partial charge in [0.1, 0.15) is 5.54 Å². The van der Waals surface area contributed by atoms with Crippen molar-refractivity contribution in [1.29, 1.82) is 0 Å². The first-order chi connectivity index (χ1) is 8.53. The number of rotatable bonds is 2. The number of nitrogens with zero attached hydrogens (tertiary/aromatic N) is 1. The zero-order valence-corrected chi connectivity index (χ0v) is 10.2. The van der Waals surface area contributed by atoms with Gasteiger partial charge in [-0.1, -0.05) is 0 Å². The molecule has 0 aromatic rings. The highest BCUT2D eigenvalue weighted by Crippen LogP contribution is 2.43. The highest BCUT2D eigenvalue weighted by atomic mass is 16.5. The molecule has 3 rings (SSSR count). The number of hydrogen-bond acceptors (Lipinski definition) is 4. The van der Waals surface area contributed by atoms with Crippen molar-refractivity contribution in [2.24, 2.45) is 11.7 Å². The van der Waals surface area contributed by atoms with Gasteiger partial charge in [0.2, 0.25) is 5.91 Å². The monoisotopic (exact) mass is 254 g/mol. The van der Waals surface area contributed by atoms with Crippen molar-refractivity contribution in [2.75, 3.05) is 13.2 Å². The van der Waals surface area contributed by atoms with Crippen molar-refractivity contribution in [2.45, 2.75) is 43.3 Å². The average Bonchev–Trinajstić information content (AvgIpc) is 3.02. The lowest BCUT2D eigenvalue weighted by atomic mass is 9.89. The van der Waals surface area contributed by atoms with E-state index in [0.29, 0.717) is 19.4 Å². The van der Waals surface area contributed by atoms with E-state index in [1.165, 1.54) is 0 Å². The first-order valence-electron chi connectivity index (χ1n) is 6.45. The molecule has 3 aliphatic rings. The summed E-state index contributed by atoms with van der Waals surface area (Å²) < 4.78 is 5.22. The van der Waals surface area contributed by atoms with Crippen molar-refractivity contribution in [1.82, 2.24) is 4.90 Å². The largest absolute Gasteiger partial charge is 0.481 e. The van der Waals surface area contributed by atoms with E-state index in [1.807, 2.05) is 0 Å². The van der Waals surface area contributed by atoms with Crippen LogP contribution in [0.2, 0.25) is 0 Å². The zero-order valence-electron chi connectivity index (χ0n) is 10.2. The number of nitrogens with two attached hydrogens (primary N) is 1. The lowest BCUT2D eigenvalue weighted by molar-refractivity contribution is -0.144. The SMILES string of the molecule is NC1(C(=O)N2C3CCC2C(C(=O)O)C3)CCOC1. The van der Waals surface area contributed by atoms with Crippen LogP contribution < -0.4 is 5.73 Å². The van der Waals surface area contributed by atoms with E-state index in [0.717, 1.165) is 12.8 Å². The molecule has 6 nitrogen and oxygen atoms in total. The summed E-state index contributed by atoms with van der Waals surface area (Å²) in [6.45, 7) is 0.757. The van der Waals surface area contributed by atoms with E-state index in [9.17, 15) is 14.7 Å². The van der Waals surface area contributed by atoms with E-state index in [2.05, 4.69) is 0 Å². The predicted molar refractivity (Wildman–Crippen MR) is 61.8 cm³/mol. The summed E-state index contributed by atoms with van der Waals surface area (Å²) >= 11 is 0. The summed E-state index contributed by atoms with van der Waals surface area (Å²) in [6.07, 6.45) is 2.78. The number of carbonyl (C=O) groups excluding carboxylic acids is 1. The maximum atomic E-state index is 12.5. The van der Waals surface area contributed by atoms with Gasteiger partial charge >= 0.3 is 5.97 Å². The predicted octanol–water partition coefficient (Wildman–Crippen LogP) is -0.432. The van der Waals surface area contributed by atoms with Gasteiger partial charge in [-0.15, -0.1) is 0 Å². The molecule has 3 saturated heterocycles. The van der Waals surface area contributed by atoms with Gasteiger partial charge in [-0.05, 0) is 25.7 Å². The van der Waals surface area contributed by atoms with Crippen molar-refractivity contribution < 1.29 is 19.4 Å². The van der Waals surface area contributed by atoms with Crippen LogP contribution in [0.1, 0.15) is 25.7 Å². The zero-order chi connectivity index (χ0) is 12.9. The second kappa shape index (κ2) is 3.93. The Kier molecular flexibility index (Phi) is 2.60. The second-order valence-electron chi connectivity index (χ2n) is 5.65. The minimum absolute atomic E-state index is 0.0598. The van der Waals surface area contributed by atoms with Crippen LogP contribution in [0.5, 0.6) is 0 Å². The molecule has 0 aliphatic carbocycles. The summed E-state index contributed by atoms with van der Waals surface area (Å²) in [4.78, 5) is 25.4. The Bertz CT molecular complexity index is 392. The molecule has 0 radical (unpaired) electrons. The molecule has 1 amide bonds. The molecule has 4 unspecified atom stereocenters. The molecular formula is C12H18N2O4. The Balaban J connectivity index is 1.81. The molecule has 4 atom stereocenters. The second-order valence-corrected chi connectivity index (χ2v) is 5.65. The molecule has 100 valence electrons. The summed E-state index contributed by atoms with van der Waals surface area (Å²) in [5.74, 6) is -1.33. The molecule has 18 heavy (non-hydrogen) atoms. The third kappa shape index (κ3) is 1.55. The number of carboxylic acids is 1. The van der Waals surface area contributed by atoms with Gasteiger partial charge in [0.05, 0.1) is 12.5 Å². The molecule has 2 bridgehead atoms. The van der Waals surface area contributed by atoms with Crippen molar-refractivity contribution in [3.63, 3.8) is 0 Å². The number of aliphatic carboxylic acids is 1. The van der Waals surface area contributed by atoms with Crippen molar-refractivity contribution in [3.05, 3.63) is 0 Å². The van der Waals surface area contributed by atoms with Gasteiger partial charge in [-0.25, -0.2) is 0 Å². The number of hydrogen-bond donors (Lipinski definition) is 2. The minimum Gasteiger partial charge on any atom is -0.481 e. The lowest BCUT2D eigenvalue weighted by Crippen LogP contribution is -2.57. The Hall–Kier alpha value is -1.14. The normalized spacial score (nSPS) is 42.5. The van der Waals surface area contributed by atoms with Gasteiger partial charge in [-0.2, -0.15) is 0 Å². The molecular weight excluding hydrogens is 236 g/mol. The molecule has 0 saturated carbocycles. The fourth-order valence-electron chi connectivity index (χ4n) is 3.58. The highest BCUT2D eigenvalue weighted by molar-refractivity contribution is 5.88. The average molecular weight is 254 g/mol. The maximum Gasteiger partial charge on any atom is 0.308 e. The summed E-state index contributed by atoms with van der Waals surface area (Å²) in [6, 6.07) is -0.106. The number of carbonyl (C=O) groups is 2. The van der Waals surface area contributed by atoms with Crippen LogP contribution in [0.25, 0.3) is 0 Å². The van der Waals surface area contributed by atoms with Gasteiger partial charge in [0, 0.05) is 18.7 Å². The fourth-order valence-corrected chi connectivity index (χ4v) is 3.58. The van der Waals surface area contributed by atoms with Crippen LogP contribution in [-0.2, 0) is 14.3 Å². The molecule has 3 fully saturated rings. The van der Waals surface area contributed by atoms with Crippen LogP contribution in [0.3, 0.4) is 0 Å². The van der Waals surface area contributed by atoms with Gasteiger partial charge in [0.25, 0.3) is 0 Å². The van der Waals surface area contributed by atoms with Crippen LogP contribution in [0, 0.1) is 5.92 Å². The first kappa shape index (κ1) is 11.9. The Morgan fingerprint density at radius 2 is 2.17 bits per heavy atom. The van der Waals surface area contributed by atoms with Crippen LogP contribution in [-0.4, -0.2) is 52.7 Å².